The second kappa shape index (κ2) is 6.52. The highest BCUT2D eigenvalue weighted by atomic mass is 16.4. The largest absolute Gasteiger partial charge is 0.478 e. The molecule has 3 unspecified atom stereocenters. The first-order chi connectivity index (χ1) is 9.99. The first-order valence-electron chi connectivity index (χ1n) is 7.16. The van der Waals surface area contributed by atoms with Crippen molar-refractivity contribution in [3.8, 4) is 0 Å². The average molecular weight is 288 g/mol. The van der Waals surface area contributed by atoms with Gasteiger partial charge < -0.3 is 10.4 Å². The first-order valence-corrected chi connectivity index (χ1v) is 7.16. The van der Waals surface area contributed by atoms with Crippen molar-refractivity contribution in [2.75, 3.05) is 0 Å². The van der Waals surface area contributed by atoms with Crippen molar-refractivity contribution in [3.63, 3.8) is 0 Å². The molecule has 5 nitrogen and oxygen atoms in total. The summed E-state index contributed by atoms with van der Waals surface area (Å²) in [5.74, 6) is -0.254. The van der Waals surface area contributed by atoms with Crippen LogP contribution in [0, 0.1) is 11.8 Å². The molecule has 0 bridgehead atoms. The van der Waals surface area contributed by atoms with E-state index in [0.29, 0.717) is 17.4 Å². The molecule has 0 aromatic carbocycles. The fourth-order valence-electron chi connectivity index (χ4n) is 2.71. The Morgan fingerprint density at radius 2 is 2.14 bits per heavy atom. The van der Waals surface area contributed by atoms with Gasteiger partial charge in [0.05, 0.1) is 0 Å². The Morgan fingerprint density at radius 1 is 1.38 bits per heavy atom. The summed E-state index contributed by atoms with van der Waals surface area (Å²) in [6.07, 6.45) is 6.02. The van der Waals surface area contributed by atoms with Gasteiger partial charge in [0.15, 0.2) is 0 Å². The van der Waals surface area contributed by atoms with Gasteiger partial charge in [0.25, 0.3) is 5.91 Å². The van der Waals surface area contributed by atoms with Gasteiger partial charge in [-0.25, -0.2) is 4.79 Å². The van der Waals surface area contributed by atoms with Gasteiger partial charge in [-0.3, -0.25) is 9.78 Å². The van der Waals surface area contributed by atoms with Crippen LogP contribution in [0.5, 0.6) is 0 Å². The van der Waals surface area contributed by atoms with Gasteiger partial charge in [-0.15, -0.1) is 0 Å². The summed E-state index contributed by atoms with van der Waals surface area (Å²) in [5.41, 5.74) is 0.776. The summed E-state index contributed by atoms with van der Waals surface area (Å²) >= 11 is 0. The molecular formula is C16H20N2O3. The Bertz CT molecular complexity index is 568. The Balaban J connectivity index is 2.14. The number of hydrogen-bond donors (Lipinski definition) is 2. The van der Waals surface area contributed by atoms with Gasteiger partial charge in [-0.05, 0) is 36.8 Å². The Labute approximate surface area is 124 Å². The van der Waals surface area contributed by atoms with Crippen LogP contribution < -0.4 is 5.32 Å². The van der Waals surface area contributed by atoms with E-state index >= 15 is 0 Å². The third kappa shape index (κ3) is 3.68. The van der Waals surface area contributed by atoms with E-state index in [9.17, 15) is 9.59 Å². The van der Waals surface area contributed by atoms with Crippen LogP contribution >= 0.6 is 0 Å². The number of nitrogens with one attached hydrogen (secondary N) is 1. The monoisotopic (exact) mass is 288 g/mol. The van der Waals surface area contributed by atoms with Crippen LogP contribution in [-0.2, 0) is 4.79 Å². The standard InChI is InChI=1S/C16H20N2O3/c1-10-5-7-13(11(10)2)18-16(21)15-12(4-3-9-17-15)6-8-14(19)20/h3-4,6,8-11,13H,5,7H2,1-2H3,(H,18,21)(H,19,20)/b8-6+. The lowest BCUT2D eigenvalue weighted by molar-refractivity contribution is -0.131. The van der Waals surface area contributed by atoms with Crippen LogP contribution in [0.1, 0.15) is 42.7 Å². The highest BCUT2D eigenvalue weighted by Gasteiger charge is 2.31. The van der Waals surface area contributed by atoms with E-state index in [0.717, 1.165) is 18.9 Å². The molecule has 0 saturated heterocycles. The molecule has 0 spiro atoms. The van der Waals surface area contributed by atoms with Crippen LogP contribution in [0.15, 0.2) is 24.4 Å². The molecule has 1 fully saturated rings. The third-order valence-corrected chi connectivity index (χ3v) is 4.24. The summed E-state index contributed by atoms with van der Waals surface area (Å²) in [7, 11) is 0. The summed E-state index contributed by atoms with van der Waals surface area (Å²) in [6, 6.07) is 3.52. The van der Waals surface area contributed by atoms with E-state index in [1.807, 2.05) is 0 Å². The Hall–Kier alpha value is -2.17. The lowest BCUT2D eigenvalue weighted by Crippen LogP contribution is -2.38. The van der Waals surface area contributed by atoms with Gasteiger partial charge in [-0.1, -0.05) is 19.9 Å². The fraction of sp³-hybridized carbons (Fsp3) is 0.438. The van der Waals surface area contributed by atoms with Crippen LogP contribution in [0.2, 0.25) is 0 Å². The highest BCUT2D eigenvalue weighted by Crippen LogP contribution is 2.31. The van der Waals surface area contributed by atoms with E-state index in [2.05, 4.69) is 24.1 Å². The van der Waals surface area contributed by atoms with Crippen LogP contribution in [0.25, 0.3) is 6.08 Å². The van der Waals surface area contributed by atoms with Gasteiger partial charge in [0.2, 0.25) is 0 Å². The first kappa shape index (κ1) is 15.2. The number of pyridine rings is 1. The minimum atomic E-state index is -1.05. The quantitative estimate of drug-likeness (QED) is 0.833. The maximum absolute atomic E-state index is 12.4. The number of carbonyl (C=O) groups excluding carboxylic acids is 1. The summed E-state index contributed by atoms with van der Waals surface area (Å²) < 4.78 is 0. The number of carbonyl (C=O) groups is 2. The second-order valence-electron chi connectivity index (χ2n) is 5.61. The number of aromatic nitrogens is 1. The molecule has 2 rings (SSSR count). The molecule has 1 aromatic rings. The van der Waals surface area contributed by atoms with Crippen molar-refractivity contribution in [1.29, 1.82) is 0 Å². The molecule has 1 saturated carbocycles. The fourth-order valence-corrected chi connectivity index (χ4v) is 2.71. The zero-order valence-corrected chi connectivity index (χ0v) is 12.2. The lowest BCUT2D eigenvalue weighted by atomic mass is 9.97. The topological polar surface area (TPSA) is 79.3 Å². The van der Waals surface area contributed by atoms with Crippen molar-refractivity contribution in [3.05, 3.63) is 35.7 Å². The van der Waals surface area contributed by atoms with Crippen LogP contribution in [0.4, 0.5) is 0 Å². The molecule has 0 aliphatic heterocycles. The van der Waals surface area contributed by atoms with Crippen molar-refractivity contribution >= 4 is 18.0 Å². The normalized spacial score (nSPS) is 25.1. The number of hydrogen-bond acceptors (Lipinski definition) is 3. The minimum absolute atomic E-state index is 0.158. The van der Waals surface area contributed by atoms with Crippen LogP contribution in [0.3, 0.4) is 0 Å². The Kier molecular flexibility index (Phi) is 4.73. The number of rotatable bonds is 4. The molecule has 2 N–H and O–H groups in total. The molecule has 0 radical (unpaired) electrons. The van der Waals surface area contributed by atoms with Crippen molar-refractivity contribution in [1.82, 2.24) is 10.3 Å². The predicted octanol–water partition coefficient (Wildman–Crippen LogP) is 2.34. The molecule has 1 aromatic heterocycles. The zero-order chi connectivity index (χ0) is 15.4. The maximum Gasteiger partial charge on any atom is 0.328 e. The molecule has 1 aliphatic rings. The third-order valence-electron chi connectivity index (χ3n) is 4.24. The van der Waals surface area contributed by atoms with Gasteiger partial charge in [0, 0.05) is 23.9 Å². The zero-order valence-electron chi connectivity index (χ0n) is 12.2. The lowest BCUT2D eigenvalue weighted by Gasteiger charge is -2.19. The number of carboxylic acid groups (broad SMARTS) is 1. The molecular weight excluding hydrogens is 268 g/mol. The number of carboxylic acids is 1. The van der Waals surface area contributed by atoms with Gasteiger partial charge in [-0.2, -0.15) is 0 Å². The predicted molar refractivity (Wildman–Crippen MR) is 79.7 cm³/mol. The number of aliphatic carboxylic acids is 1. The van der Waals surface area contributed by atoms with Crippen molar-refractivity contribution in [2.24, 2.45) is 11.8 Å². The average Bonchev–Trinajstić information content (AvgIpc) is 2.77. The highest BCUT2D eigenvalue weighted by molar-refractivity contribution is 5.97. The molecule has 3 atom stereocenters. The summed E-state index contributed by atoms with van der Waals surface area (Å²) in [6.45, 7) is 4.34. The SMILES string of the molecule is CC1CCC(NC(=O)c2ncccc2/C=C/C(=O)O)C1C. The number of amides is 1. The molecule has 5 heteroatoms. The second-order valence-corrected chi connectivity index (χ2v) is 5.61. The molecule has 1 amide bonds. The maximum atomic E-state index is 12.4. The molecule has 1 aliphatic carbocycles. The van der Waals surface area contributed by atoms with E-state index < -0.39 is 5.97 Å². The number of nitrogens with zero attached hydrogens (tertiary/aromatic N) is 1. The van der Waals surface area contributed by atoms with E-state index in [4.69, 9.17) is 5.11 Å². The van der Waals surface area contributed by atoms with E-state index in [1.54, 1.807) is 12.1 Å². The van der Waals surface area contributed by atoms with Gasteiger partial charge >= 0.3 is 5.97 Å². The molecule has 21 heavy (non-hydrogen) atoms. The minimum Gasteiger partial charge on any atom is -0.478 e. The smallest absolute Gasteiger partial charge is 0.328 e. The summed E-state index contributed by atoms with van der Waals surface area (Å²) in [4.78, 5) is 27.1. The van der Waals surface area contributed by atoms with Crippen LogP contribution in [-0.4, -0.2) is 28.0 Å². The van der Waals surface area contributed by atoms with E-state index in [-0.39, 0.29) is 17.6 Å². The summed E-state index contributed by atoms with van der Waals surface area (Å²) in [5, 5.41) is 11.7. The van der Waals surface area contributed by atoms with E-state index in [1.165, 1.54) is 12.3 Å². The van der Waals surface area contributed by atoms with Gasteiger partial charge in [0.1, 0.15) is 5.69 Å². The molecule has 1 heterocycles. The Morgan fingerprint density at radius 3 is 2.76 bits per heavy atom. The molecule has 112 valence electrons. The van der Waals surface area contributed by atoms with Crippen molar-refractivity contribution in [2.45, 2.75) is 32.7 Å². The van der Waals surface area contributed by atoms with Crippen molar-refractivity contribution < 1.29 is 14.7 Å².